The van der Waals surface area contributed by atoms with Crippen molar-refractivity contribution < 1.29 is 88.5 Å². The number of hydrogen-bond acceptors (Lipinski definition) is 1. The monoisotopic (exact) mass is 528 g/mol. The van der Waals surface area contributed by atoms with Crippen LogP contribution in [-0.4, -0.2) is 65.3 Å². The predicted octanol–water partition coefficient (Wildman–Crippen LogP) is 6.26. The molecule has 0 fully saturated rings. The van der Waals surface area contributed by atoms with Gasteiger partial charge in [-0.3, -0.25) is 0 Å². The summed E-state index contributed by atoms with van der Waals surface area (Å²) in [6.07, 6.45) is -17.6. The Morgan fingerprint density at radius 3 is 1.06 bits per heavy atom. The van der Waals surface area contributed by atoms with Crippen LogP contribution in [0.2, 0.25) is 0 Å². The van der Waals surface area contributed by atoms with E-state index >= 15 is 0 Å². The molecule has 0 aromatic carbocycles. The first-order valence-electron chi connectivity index (χ1n) is 7.18. The Balaban J connectivity index is 6.74. The van der Waals surface area contributed by atoms with Gasteiger partial charge in [-0.15, -0.1) is 0 Å². The van der Waals surface area contributed by atoms with Gasteiger partial charge >= 0.3 is 54.0 Å². The molecule has 32 heavy (non-hydrogen) atoms. The Kier molecular flexibility index (Phi) is 7.51. The van der Waals surface area contributed by atoms with Crippen LogP contribution in [0.4, 0.5) is 83.4 Å². The molecule has 0 spiro atoms. The van der Waals surface area contributed by atoms with E-state index in [9.17, 15) is 83.4 Å². The zero-order valence-electron chi connectivity index (χ0n) is 14.4. The zero-order chi connectivity index (χ0) is 26.7. The fraction of sp³-hybridized carbons (Fsp3) is 1.00. The molecule has 194 valence electrons. The summed E-state index contributed by atoms with van der Waals surface area (Å²) < 4.78 is 246. The van der Waals surface area contributed by atoms with E-state index in [1.54, 1.807) is 0 Å². The first-order chi connectivity index (χ1) is 13.5. The molecule has 0 saturated carbocycles. The van der Waals surface area contributed by atoms with Gasteiger partial charge in [0, 0.05) is 0 Å². The Morgan fingerprint density at radius 2 is 0.781 bits per heavy atom. The molecule has 0 saturated heterocycles. The van der Waals surface area contributed by atoms with E-state index < -0.39 is 73.0 Å². The highest BCUT2D eigenvalue weighted by Gasteiger charge is 2.94. The first kappa shape index (κ1) is 30.6. The Bertz CT molecular complexity index is 662. The fourth-order valence-corrected chi connectivity index (χ4v) is 1.81. The average Bonchev–Trinajstić information content (AvgIpc) is 2.58. The van der Waals surface area contributed by atoms with Gasteiger partial charge in [-0.1, -0.05) is 6.92 Å². The van der Waals surface area contributed by atoms with E-state index in [2.05, 4.69) is 0 Å². The topological polar surface area (TPSA) is 20.2 Å². The van der Waals surface area contributed by atoms with Crippen molar-refractivity contribution in [3.63, 3.8) is 0 Å². The molecule has 0 rings (SSSR count). The second-order valence-corrected chi connectivity index (χ2v) is 6.20. The minimum atomic E-state index is -8.72. The number of aliphatic hydroxyl groups is 1. The van der Waals surface area contributed by atoms with Crippen molar-refractivity contribution in [2.75, 3.05) is 0 Å². The fourth-order valence-electron chi connectivity index (χ4n) is 1.81. The minimum Gasteiger partial charge on any atom is -0.353 e. The van der Waals surface area contributed by atoms with Gasteiger partial charge in [0.1, 0.15) is 0 Å². The lowest BCUT2D eigenvalue weighted by Crippen LogP contribution is -2.75. The quantitative estimate of drug-likeness (QED) is 0.351. The van der Waals surface area contributed by atoms with Crippen molar-refractivity contribution in [2.45, 2.75) is 67.1 Å². The SMILES string of the molecule is CC(C(F)C(F)(F)C(F)(F)C(F)(F)C(F)(F)C(F)(F)C(F)(F)C(O)(F)C(F)F)C(F)(F)F. The second-order valence-electron chi connectivity index (χ2n) is 6.20. The smallest absolute Gasteiger partial charge is 0.353 e. The van der Waals surface area contributed by atoms with Gasteiger partial charge in [-0.2, -0.15) is 70.2 Å². The molecule has 0 aliphatic carbocycles. The van der Waals surface area contributed by atoms with Crippen molar-refractivity contribution in [1.82, 2.24) is 0 Å². The lowest BCUT2D eigenvalue weighted by molar-refractivity contribution is -0.457. The highest BCUT2D eigenvalue weighted by atomic mass is 19.4. The van der Waals surface area contributed by atoms with Crippen LogP contribution in [0, 0.1) is 5.92 Å². The predicted molar refractivity (Wildman–Crippen MR) is 61.9 cm³/mol. The average molecular weight is 528 g/mol. The highest BCUT2D eigenvalue weighted by molar-refractivity contribution is 5.15. The number of rotatable bonds is 9. The summed E-state index contributed by atoms with van der Waals surface area (Å²) in [5.74, 6) is -61.6. The van der Waals surface area contributed by atoms with Gasteiger partial charge in [0.05, 0.1) is 5.92 Å². The van der Waals surface area contributed by atoms with Crippen molar-refractivity contribution in [3.8, 4) is 0 Å². The molecule has 3 atom stereocenters. The van der Waals surface area contributed by atoms with E-state index in [0.717, 1.165) is 0 Å². The molecule has 3 unspecified atom stereocenters. The van der Waals surface area contributed by atoms with Crippen LogP contribution in [0.3, 0.4) is 0 Å². The summed E-state index contributed by atoms with van der Waals surface area (Å²) in [7, 11) is 0. The number of halogens is 19. The van der Waals surface area contributed by atoms with Crippen LogP contribution in [0.5, 0.6) is 0 Å². The molecule has 0 amide bonds. The van der Waals surface area contributed by atoms with Gasteiger partial charge in [0.25, 0.3) is 0 Å². The van der Waals surface area contributed by atoms with Crippen molar-refractivity contribution >= 4 is 0 Å². The summed E-state index contributed by atoms with van der Waals surface area (Å²) in [6.45, 7) is -0.709. The molecule has 0 aliphatic heterocycles. The van der Waals surface area contributed by atoms with Crippen LogP contribution in [0.1, 0.15) is 6.92 Å². The molecular formula is C12H7F19O. The maximum atomic E-state index is 13.4. The molecule has 0 bridgehead atoms. The summed E-state index contributed by atoms with van der Waals surface area (Å²) in [5.41, 5.74) is 0. The van der Waals surface area contributed by atoms with Crippen LogP contribution < -0.4 is 0 Å². The maximum Gasteiger partial charge on any atom is 0.394 e. The molecule has 0 radical (unpaired) electrons. The van der Waals surface area contributed by atoms with Gasteiger partial charge in [0.15, 0.2) is 6.17 Å². The third kappa shape index (κ3) is 3.92. The van der Waals surface area contributed by atoms with E-state index in [1.165, 1.54) is 0 Å². The largest absolute Gasteiger partial charge is 0.394 e. The Labute approximate surface area is 163 Å². The van der Waals surface area contributed by atoms with Crippen LogP contribution in [-0.2, 0) is 0 Å². The molecule has 20 heteroatoms. The molecular weight excluding hydrogens is 521 g/mol. The normalized spacial score (nSPS) is 19.7. The van der Waals surface area contributed by atoms with E-state index in [4.69, 9.17) is 5.11 Å². The molecule has 0 heterocycles. The molecule has 0 aromatic heterocycles. The van der Waals surface area contributed by atoms with Gasteiger partial charge in [0.2, 0.25) is 0 Å². The van der Waals surface area contributed by atoms with Crippen molar-refractivity contribution in [1.29, 1.82) is 0 Å². The highest BCUT2D eigenvalue weighted by Crippen LogP contribution is 2.63. The number of alkyl halides is 19. The van der Waals surface area contributed by atoms with Gasteiger partial charge in [-0.05, 0) is 0 Å². The standard InChI is InChI=1S/C12H7F19O/c1-2(7(19,20)21)3(13)5(16,17)8(22,23)10(26,27)12(30,31)11(28,29)9(24,25)6(18,32)4(14)15/h2-4,32H,1H3. The lowest BCUT2D eigenvalue weighted by atomic mass is 9.85. The van der Waals surface area contributed by atoms with Crippen LogP contribution in [0.15, 0.2) is 0 Å². The van der Waals surface area contributed by atoms with E-state index in [0.29, 0.717) is 0 Å². The lowest BCUT2D eigenvalue weighted by Gasteiger charge is -2.43. The minimum absolute atomic E-state index is 0.709. The van der Waals surface area contributed by atoms with Crippen molar-refractivity contribution in [3.05, 3.63) is 0 Å². The summed E-state index contributed by atoms with van der Waals surface area (Å²) in [6, 6.07) is 0. The maximum absolute atomic E-state index is 13.4. The van der Waals surface area contributed by atoms with Gasteiger partial charge in [-0.25, -0.2) is 13.2 Å². The Hall–Kier alpha value is -1.37. The van der Waals surface area contributed by atoms with Gasteiger partial charge < -0.3 is 5.11 Å². The van der Waals surface area contributed by atoms with Crippen LogP contribution in [0.25, 0.3) is 0 Å². The third-order valence-corrected chi connectivity index (χ3v) is 4.03. The third-order valence-electron chi connectivity index (χ3n) is 4.03. The zero-order valence-corrected chi connectivity index (χ0v) is 14.4. The molecule has 0 aromatic rings. The van der Waals surface area contributed by atoms with Crippen molar-refractivity contribution in [2.24, 2.45) is 5.92 Å². The second kappa shape index (κ2) is 7.85. The molecule has 1 nitrogen and oxygen atoms in total. The van der Waals surface area contributed by atoms with E-state index in [1.807, 2.05) is 0 Å². The Morgan fingerprint density at radius 1 is 0.500 bits per heavy atom. The van der Waals surface area contributed by atoms with Crippen LogP contribution >= 0.6 is 0 Å². The summed E-state index contributed by atoms with van der Waals surface area (Å²) in [4.78, 5) is 0. The summed E-state index contributed by atoms with van der Waals surface area (Å²) in [5, 5.41) is 7.95. The summed E-state index contributed by atoms with van der Waals surface area (Å²) >= 11 is 0. The molecule has 0 aliphatic rings. The number of hydrogen-bond donors (Lipinski definition) is 1. The first-order valence-corrected chi connectivity index (χ1v) is 7.18. The molecule has 1 N–H and O–H groups in total. The van der Waals surface area contributed by atoms with E-state index in [-0.39, 0.29) is 0 Å².